The van der Waals surface area contributed by atoms with Crippen molar-refractivity contribution < 1.29 is 17.9 Å². The summed E-state index contributed by atoms with van der Waals surface area (Å²) in [7, 11) is -2.45. The Balaban J connectivity index is 1.61. The molecular weight excluding hydrogens is 476 g/mol. The van der Waals surface area contributed by atoms with E-state index in [1.165, 1.54) is 30.2 Å². The van der Waals surface area contributed by atoms with Crippen LogP contribution in [0.3, 0.4) is 0 Å². The zero-order chi connectivity index (χ0) is 22.3. The van der Waals surface area contributed by atoms with E-state index in [2.05, 4.69) is 16.1 Å². The normalized spacial score (nSPS) is 11.2. The summed E-state index contributed by atoms with van der Waals surface area (Å²) in [6, 6.07) is 14.7. The highest BCUT2D eigenvalue weighted by atomic mass is 35.5. The zero-order valence-corrected chi connectivity index (χ0v) is 19.8. The van der Waals surface area contributed by atoms with Crippen LogP contribution < -0.4 is 14.8 Å². The summed E-state index contributed by atoms with van der Waals surface area (Å²) in [4.78, 5) is 13.6. The van der Waals surface area contributed by atoms with Crippen LogP contribution in [0.5, 0.6) is 5.75 Å². The van der Waals surface area contributed by atoms with Crippen LogP contribution in [0.4, 0.5) is 5.69 Å². The summed E-state index contributed by atoms with van der Waals surface area (Å²) in [5.74, 6) is 1.90. The highest BCUT2D eigenvalue weighted by Crippen LogP contribution is 2.26. The molecule has 2 N–H and O–H groups in total. The third kappa shape index (κ3) is 6.64. The standard InChI is InChI=1S/C21H21ClN2O4S3/c1-28-17-7-5-16(6-8-17)24-31(26,27)20-13-15(4-9-19(20)22)21(25)23-10-12-29-14-18-3-2-11-30-18/h2-9,11,13,24H,10,12,14H2,1H3,(H,23,25). The largest absolute Gasteiger partial charge is 0.497 e. The van der Waals surface area contributed by atoms with Gasteiger partial charge in [0.25, 0.3) is 15.9 Å². The number of benzene rings is 2. The van der Waals surface area contributed by atoms with Gasteiger partial charge in [0, 0.05) is 34.2 Å². The average molecular weight is 497 g/mol. The second-order valence-electron chi connectivity index (χ2n) is 6.37. The summed E-state index contributed by atoms with van der Waals surface area (Å²) in [5, 5.41) is 4.88. The molecule has 0 bridgehead atoms. The zero-order valence-electron chi connectivity index (χ0n) is 16.6. The molecule has 2 aromatic carbocycles. The molecule has 0 fully saturated rings. The van der Waals surface area contributed by atoms with Crippen LogP contribution in [0.2, 0.25) is 5.02 Å². The number of sulfonamides is 1. The van der Waals surface area contributed by atoms with Crippen molar-refractivity contribution in [2.75, 3.05) is 24.1 Å². The van der Waals surface area contributed by atoms with Crippen LogP contribution >= 0.6 is 34.7 Å². The van der Waals surface area contributed by atoms with E-state index in [9.17, 15) is 13.2 Å². The summed E-state index contributed by atoms with van der Waals surface area (Å²) in [6.45, 7) is 0.476. The van der Waals surface area contributed by atoms with Crippen LogP contribution in [-0.2, 0) is 15.8 Å². The van der Waals surface area contributed by atoms with E-state index in [1.807, 2.05) is 11.4 Å². The molecule has 0 aliphatic rings. The van der Waals surface area contributed by atoms with Crippen LogP contribution in [0.1, 0.15) is 15.2 Å². The van der Waals surface area contributed by atoms with Gasteiger partial charge < -0.3 is 10.1 Å². The Morgan fingerprint density at radius 1 is 1.16 bits per heavy atom. The Labute approximate surface area is 195 Å². The van der Waals surface area contributed by atoms with Gasteiger partial charge in [-0.1, -0.05) is 17.7 Å². The Morgan fingerprint density at radius 2 is 1.94 bits per heavy atom. The minimum absolute atomic E-state index is 0.0315. The van der Waals surface area contributed by atoms with Crippen molar-refractivity contribution in [1.82, 2.24) is 5.32 Å². The molecule has 164 valence electrons. The third-order valence-corrected chi connectivity index (χ3v) is 8.11. The number of thiophene rings is 1. The predicted octanol–water partition coefficient (Wildman–Crippen LogP) is 4.87. The molecule has 1 amide bonds. The lowest BCUT2D eigenvalue weighted by Crippen LogP contribution is -2.26. The van der Waals surface area contributed by atoms with Gasteiger partial charge in [0.15, 0.2) is 0 Å². The molecule has 31 heavy (non-hydrogen) atoms. The van der Waals surface area contributed by atoms with Crippen molar-refractivity contribution >= 4 is 56.3 Å². The molecule has 6 nitrogen and oxygen atoms in total. The minimum Gasteiger partial charge on any atom is -0.497 e. The lowest BCUT2D eigenvalue weighted by Gasteiger charge is -2.12. The second-order valence-corrected chi connectivity index (χ2v) is 10.6. The maximum absolute atomic E-state index is 12.8. The number of carbonyl (C=O) groups is 1. The molecule has 0 saturated carbocycles. The van der Waals surface area contributed by atoms with E-state index in [1.54, 1.807) is 47.4 Å². The monoisotopic (exact) mass is 496 g/mol. The van der Waals surface area contributed by atoms with Crippen LogP contribution in [0.25, 0.3) is 0 Å². The van der Waals surface area contributed by atoms with Crippen molar-refractivity contribution in [3.8, 4) is 5.75 Å². The predicted molar refractivity (Wildman–Crippen MR) is 128 cm³/mol. The maximum atomic E-state index is 12.8. The molecule has 3 rings (SSSR count). The van der Waals surface area contributed by atoms with Gasteiger partial charge in [0.05, 0.1) is 12.1 Å². The maximum Gasteiger partial charge on any atom is 0.263 e. The van der Waals surface area contributed by atoms with Gasteiger partial charge in [0.1, 0.15) is 10.6 Å². The number of amides is 1. The van der Waals surface area contributed by atoms with Crippen LogP contribution in [-0.4, -0.2) is 33.7 Å². The first-order valence-electron chi connectivity index (χ1n) is 9.24. The molecule has 0 radical (unpaired) electrons. The molecular formula is C21H21ClN2O4S3. The quantitative estimate of drug-likeness (QED) is 0.391. The first-order valence-corrected chi connectivity index (χ1v) is 13.1. The van der Waals surface area contributed by atoms with E-state index < -0.39 is 10.0 Å². The van der Waals surface area contributed by atoms with Gasteiger partial charge in [-0.3, -0.25) is 9.52 Å². The smallest absolute Gasteiger partial charge is 0.263 e. The number of hydrogen-bond donors (Lipinski definition) is 2. The Kier molecular flexibility index (Phi) is 8.25. The number of ether oxygens (including phenoxy) is 1. The number of thioether (sulfide) groups is 1. The van der Waals surface area contributed by atoms with Crippen molar-refractivity contribution in [3.63, 3.8) is 0 Å². The van der Waals surface area contributed by atoms with Crippen molar-refractivity contribution in [2.45, 2.75) is 10.6 Å². The number of methoxy groups -OCH3 is 1. The van der Waals surface area contributed by atoms with Gasteiger partial charge in [-0.15, -0.1) is 11.3 Å². The molecule has 1 aromatic heterocycles. The number of hydrogen-bond acceptors (Lipinski definition) is 6. The molecule has 1 heterocycles. The highest BCUT2D eigenvalue weighted by molar-refractivity contribution is 7.98. The van der Waals surface area contributed by atoms with Crippen LogP contribution in [0.15, 0.2) is 64.9 Å². The number of anilines is 1. The number of nitrogens with one attached hydrogen (secondary N) is 2. The molecule has 0 saturated heterocycles. The molecule has 0 spiro atoms. The fourth-order valence-electron chi connectivity index (χ4n) is 2.63. The molecule has 0 aliphatic heterocycles. The topological polar surface area (TPSA) is 84.5 Å². The Morgan fingerprint density at radius 3 is 2.61 bits per heavy atom. The van der Waals surface area contributed by atoms with Crippen molar-refractivity contribution in [1.29, 1.82) is 0 Å². The summed E-state index contributed by atoms with van der Waals surface area (Å²) >= 11 is 9.54. The van der Waals surface area contributed by atoms with Gasteiger partial charge >= 0.3 is 0 Å². The lowest BCUT2D eigenvalue weighted by atomic mass is 10.2. The molecule has 0 atom stereocenters. The van der Waals surface area contributed by atoms with Gasteiger partial charge in [-0.2, -0.15) is 11.8 Å². The SMILES string of the molecule is COc1ccc(NS(=O)(=O)c2cc(C(=O)NCCSCc3cccs3)ccc2Cl)cc1. The third-order valence-electron chi connectivity index (χ3n) is 4.18. The van der Waals surface area contributed by atoms with E-state index >= 15 is 0 Å². The first-order chi connectivity index (χ1) is 14.9. The van der Waals surface area contributed by atoms with E-state index in [0.29, 0.717) is 18.0 Å². The van der Waals surface area contributed by atoms with Crippen molar-refractivity contribution in [3.05, 3.63) is 75.4 Å². The fourth-order valence-corrected chi connectivity index (χ4v) is 5.91. The number of halogens is 1. The van der Waals surface area contributed by atoms with Crippen molar-refractivity contribution in [2.24, 2.45) is 0 Å². The number of carbonyl (C=O) groups excluding carboxylic acids is 1. The van der Waals surface area contributed by atoms with Gasteiger partial charge in [-0.25, -0.2) is 8.42 Å². The lowest BCUT2D eigenvalue weighted by molar-refractivity contribution is 0.0956. The van der Waals surface area contributed by atoms with E-state index in [4.69, 9.17) is 16.3 Å². The molecule has 0 aliphatic carbocycles. The number of rotatable bonds is 10. The van der Waals surface area contributed by atoms with Gasteiger partial charge in [0.2, 0.25) is 0 Å². The highest BCUT2D eigenvalue weighted by Gasteiger charge is 2.20. The molecule has 0 unspecified atom stereocenters. The second kappa shape index (κ2) is 10.9. The average Bonchev–Trinajstić information content (AvgIpc) is 3.27. The Bertz CT molecular complexity index is 1120. The molecule has 10 heteroatoms. The first kappa shape index (κ1) is 23.5. The van der Waals surface area contributed by atoms with E-state index in [0.717, 1.165) is 11.5 Å². The summed E-state index contributed by atoms with van der Waals surface area (Å²) < 4.78 is 33.1. The van der Waals surface area contributed by atoms with E-state index in [-0.39, 0.29) is 21.4 Å². The summed E-state index contributed by atoms with van der Waals surface area (Å²) in [6.07, 6.45) is 0. The van der Waals surface area contributed by atoms with Crippen LogP contribution in [0, 0.1) is 0 Å². The summed E-state index contributed by atoms with van der Waals surface area (Å²) in [5.41, 5.74) is 0.581. The fraction of sp³-hybridized carbons (Fsp3) is 0.190. The Hall–Kier alpha value is -2.20. The minimum atomic E-state index is -3.98. The molecule has 3 aromatic rings. The van der Waals surface area contributed by atoms with Gasteiger partial charge in [-0.05, 0) is 53.9 Å².